The fourth-order valence-electron chi connectivity index (χ4n) is 4.23. The second kappa shape index (κ2) is 11.0. The van der Waals surface area contributed by atoms with Crippen molar-refractivity contribution in [3.63, 3.8) is 0 Å². The van der Waals surface area contributed by atoms with Crippen LogP contribution in [0.4, 0.5) is 0 Å². The van der Waals surface area contributed by atoms with Crippen molar-refractivity contribution in [2.75, 3.05) is 46.4 Å². The zero-order chi connectivity index (χ0) is 20.6. The summed E-state index contributed by atoms with van der Waals surface area (Å²) in [6.07, 6.45) is 4.63. The van der Waals surface area contributed by atoms with Crippen molar-refractivity contribution in [3.05, 3.63) is 0 Å². The molecule has 1 amide bonds. The number of carbonyl (C=O) groups is 1. The smallest absolute Gasteiger partial charge is 0.233 e. The first kappa shape index (κ1) is 22.9. The molecule has 0 aromatic carbocycles. The second-order valence-electron chi connectivity index (χ2n) is 9.15. The molecule has 7 heteroatoms. The van der Waals surface area contributed by atoms with E-state index in [2.05, 4.69) is 48.5 Å². The molecule has 2 saturated heterocycles. The molecular weight excluding hydrogens is 354 g/mol. The van der Waals surface area contributed by atoms with E-state index < -0.39 is 0 Å². The molecule has 0 saturated carbocycles. The Bertz CT molecular complexity index is 509. The molecule has 2 atom stereocenters. The molecule has 7 nitrogen and oxygen atoms in total. The summed E-state index contributed by atoms with van der Waals surface area (Å²) in [4.78, 5) is 18.7. The number of carbonyl (C=O) groups excluding carboxylic acids is 1. The zero-order valence-corrected chi connectivity index (χ0v) is 18.5. The molecule has 0 aliphatic carbocycles. The van der Waals surface area contributed by atoms with E-state index in [9.17, 15) is 4.79 Å². The van der Waals surface area contributed by atoms with Crippen molar-refractivity contribution in [2.45, 2.75) is 65.5 Å². The minimum absolute atomic E-state index is 0.0874. The Balaban J connectivity index is 1.87. The number of aliphatic imine (C=N–C) groups is 1. The van der Waals surface area contributed by atoms with Crippen LogP contribution in [0.1, 0.15) is 53.4 Å². The first-order valence-electron chi connectivity index (χ1n) is 10.9. The maximum atomic E-state index is 11.5. The Morgan fingerprint density at radius 2 is 1.93 bits per heavy atom. The van der Waals surface area contributed by atoms with Gasteiger partial charge in [0, 0.05) is 51.8 Å². The highest BCUT2D eigenvalue weighted by molar-refractivity contribution is 5.80. The van der Waals surface area contributed by atoms with Crippen LogP contribution < -0.4 is 16.0 Å². The summed E-state index contributed by atoms with van der Waals surface area (Å²) in [5.74, 6) is 1.47. The second-order valence-corrected chi connectivity index (χ2v) is 9.15. The van der Waals surface area contributed by atoms with Crippen LogP contribution in [0.2, 0.25) is 0 Å². The predicted octanol–water partition coefficient (Wildman–Crippen LogP) is 1.59. The third-order valence-corrected chi connectivity index (χ3v) is 5.70. The Morgan fingerprint density at radius 1 is 1.21 bits per heavy atom. The molecule has 3 N–H and O–H groups in total. The van der Waals surface area contributed by atoms with Crippen LogP contribution in [0.25, 0.3) is 0 Å². The van der Waals surface area contributed by atoms with Gasteiger partial charge in [0.25, 0.3) is 0 Å². The molecule has 0 aromatic rings. The maximum Gasteiger partial charge on any atom is 0.233 e. The van der Waals surface area contributed by atoms with Crippen molar-refractivity contribution in [1.29, 1.82) is 0 Å². The van der Waals surface area contributed by atoms with Gasteiger partial charge in [0.05, 0.1) is 12.6 Å². The topological polar surface area (TPSA) is 78.0 Å². The van der Waals surface area contributed by atoms with Crippen molar-refractivity contribution in [1.82, 2.24) is 20.9 Å². The van der Waals surface area contributed by atoms with Crippen molar-refractivity contribution in [2.24, 2.45) is 16.3 Å². The molecule has 2 heterocycles. The van der Waals surface area contributed by atoms with Crippen LogP contribution in [0.5, 0.6) is 0 Å². The van der Waals surface area contributed by atoms with Gasteiger partial charge in [-0.3, -0.25) is 14.7 Å². The lowest BCUT2D eigenvalue weighted by Gasteiger charge is -2.39. The number of nitrogens with zero attached hydrogens (tertiary/aromatic N) is 2. The first-order chi connectivity index (χ1) is 13.3. The third kappa shape index (κ3) is 7.24. The van der Waals surface area contributed by atoms with E-state index in [0.29, 0.717) is 18.5 Å². The van der Waals surface area contributed by atoms with Crippen LogP contribution in [0.15, 0.2) is 4.99 Å². The molecule has 28 heavy (non-hydrogen) atoms. The molecule has 2 fully saturated rings. The molecule has 162 valence electrons. The summed E-state index contributed by atoms with van der Waals surface area (Å²) in [7, 11) is 1.69. The largest absolute Gasteiger partial charge is 0.377 e. The standard InChI is InChI=1S/C21H41N5O2/c1-6-23-20(24-14-16-8-7-13-28-19(16)21(2,3)4)25-17-9-11-26(12-10-17)15-18(27)22-5/h16-17,19H,6-15H2,1-5H3,(H,22,27)(H2,23,24,25). The summed E-state index contributed by atoms with van der Waals surface area (Å²) in [5, 5.41) is 9.70. The number of piperidine rings is 1. The maximum absolute atomic E-state index is 11.5. The number of hydrogen-bond donors (Lipinski definition) is 3. The summed E-state index contributed by atoms with van der Waals surface area (Å²) in [6.45, 7) is 13.8. The van der Waals surface area contributed by atoms with E-state index in [1.807, 2.05) is 0 Å². The molecule has 2 rings (SSSR count). The highest BCUT2D eigenvalue weighted by atomic mass is 16.5. The molecule has 0 bridgehead atoms. The number of likely N-dealkylation sites (N-methyl/N-ethyl adjacent to an activating group) is 1. The van der Waals surface area contributed by atoms with E-state index in [0.717, 1.165) is 58.0 Å². The molecular formula is C21H41N5O2. The fourth-order valence-corrected chi connectivity index (χ4v) is 4.23. The molecule has 2 aliphatic heterocycles. The number of nitrogens with one attached hydrogen (secondary N) is 3. The predicted molar refractivity (Wildman–Crippen MR) is 115 cm³/mol. The van der Waals surface area contributed by atoms with Gasteiger partial charge in [-0.05, 0) is 38.0 Å². The SMILES string of the molecule is CCNC(=NCC1CCCOC1C(C)(C)C)NC1CCN(CC(=O)NC)CC1. The average molecular weight is 396 g/mol. The lowest BCUT2D eigenvalue weighted by Crippen LogP contribution is -2.50. The number of likely N-dealkylation sites (tertiary alicyclic amines) is 1. The van der Waals surface area contributed by atoms with Crippen molar-refractivity contribution >= 4 is 11.9 Å². The normalized spacial score (nSPS) is 25.4. The van der Waals surface area contributed by atoms with Crippen LogP contribution in [-0.2, 0) is 9.53 Å². The van der Waals surface area contributed by atoms with E-state index in [1.165, 1.54) is 6.42 Å². The molecule has 0 spiro atoms. The van der Waals surface area contributed by atoms with E-state index >= 15 is 0 Å². The van der Waals surface area contributed by atoms with Gasteiger partial charge in [-0.2, -0.15) is 0 Å². The van der Waals surface area contributed by atoms with E-state index in [4.69, 9.17) is 9.73 Å². The summed E-state index contributed by atoms with van der Waals surface area (Å²) >= 11 is 0. The number of guanidine groups is 1. The number of hydrogen-bond acceptors (Lipinski definition) is 4. The van der Waals surface area contributed by atoms with Crippen LogP contribution in [0.3, 0.4) is 0 Å². The van der Waals surface area contributed by atoms with Crippen LogP contribution in [-0.4, -0.2) is 75.3 Å². The third-order valence-electron chi connectivity index (χ3n) is 5.70. The highest BCUT2D eigenvalue weighted by Gasteiger charge is 2.35. The number of amides is 1. The fraction of sp³-hybridized carbons (Fsp3) is 0.905. The van der Waals surface area contributed by atoms with Gasteiger partial charge in [0.1, 0.15) is 0 Å². The van der Waals surface area contributed by atoms with E-state index in [1.54, 1.807) is 7.05 Å². The van der Waals surface area contributed by atoms with Gasteiger partial charge in [-0.15, -0.1) is 0 Å². The number of rotatable bonds is 6. The molecule has 0 radical (unpaired) electrons. The van der Waals surface area contributed by atoms with Gasteiger partial charge >= 0.3 is 0 Å². The minimum Gasteiger partial charge on any atom is -0.377 e. The average Bonchev–Trinajstić information content (AvgIpc) is 2.67. The Hall–Kier alpha value is -1.34. The molecule has 0 aromatic heterocycles. The minimum atomic E-state index is 0.0874. The van der Waals surface area contributed by atoms with Gasteiger partial charge in [0.15, 0.2) is 5.96 Å². The Kier molecular flexibility index (Phi) is 9.02. The molecule has 2 unspecified atom stereocenters. The van der Waals surface area contributed by atoms with Gasteiger partial charge in [0.2, 0.25) is 5.91 Å². The van der Waals surface area contributed by atoms with Gasteiger partial charge < -0.3 is 20.7 Å². The van der Waals surface area contributed by atoms with Crippen molar-refractivity contribution in [3.8, 4) is 0 Å². The summed E-state index contributed by atoms with van der Waals surface area (Å²) in [6, 6.07) is 0.403. The highest BCUT2D eigenvalue weighted by Crippen LogP contribution is 2.34. The quantitative estimate of drug-likeness (QED) is 0.470. The Morgan fingerprint density at radius 3 is 2.54 bits per heavy atom. The summed E-state index contributed by atoms with van der Waals surface area (Å²) in [5.41, 5.74) is 0.143. The first-order valence-corrected chi connectivity index (χ1v) is 10.9. The van der Waals surface area contributed by atoms with Crippen LogP contribution in [0, 0.1) is 11.3 Å². The number of ether oxygens (including phenoxy) is 1. The van der Waals surface area contributed by atoms with E-state index in [-0.39, 0.29) is 17.4 Å². The zero-order valence-electron chi connectivity index (χ0n) is 18.5. The monoisotopic (exact) mass is 395 g/mol. The van der Waals surface area contributed by atoms with Crippen molar-refractivity contribution < 1.29 is 9.53 Å². The summed E-state index contributed by atoms with van der Waals surface area (Å²) < 4.78 is 6.10. The lowest BCUT2D eigenvalue weighted by molar-refractivity contribution is -0.122. The Labute approximate surface area is 171 Å². The van der Waals surface area contributed by atoms with Crippen LogP contribution >= 0.6 is 0 Å². The lowest BCUT2D eigenvalue weighted by atomic mass is 9.78. The van der Waals surface area contributed by atoms with Gasteiger partial charge in [-0.25, -0.2) is 0 Å². The van der Waals surface area contributed by atoms with Gasteiger partial charge in [-0.1, -0.05) is 20.8 Å². The molecule has 2 aliphatic rings.